The number of hydrogen-bond donors (Lipinski definition) is 5. The summed E-state index contributed by atoms with van der Waals surface area (Å²) in [6.07, 6.45) is -1.83. The van der Waals surface area contributed by atoms with Crippen LogP contribution in [0.15, 0.2) is 36.5 Å². The van der Waals surface area contributed by atoms with Gasteiger partial charge in [0.2, 0.25) is 5.95 Å². The fourth-order valence-electron chi connectivity index (χ4n) is 6.94. The minimum atomic E-state index is -4.86. The Morgan fingerprint density at radius 1 is 0.980 bits per heavy atom. The van der Waals surface area contributed by atoms with Crippen molar-refractivity contribution in [3.63, 3.8) is 0 Å². The van der Waals surface area contributed by atoms with Gasteiger partial charge in [0.05, 0.1) is 30.2 Å². The van der Waals surface area contributed by atoms with Crippen molar-refractivity contribution in [2.45, 2.75) is 68.4 Å². The number of nitrogens with one attached hydrogen (secondary N) is 2. The zero-order valence-electron chi connectivity index (χ0n) is 28.8. The van der Waals surface area contributed by atoms with E-state index in [0.717, 1.165) is 24.0 Å². The Balaban J connectivity index is 1.51. The summed E-state index contributed by atoms with van der Waals surface area (Å²) in [7, 11) is 0.910. The summed E-state index contributed by atoms with van der Waals surface area (Å²) in [4.78, 5) is 44.0. The average Bonchev–Trinajstić information content (AvgIpc) is 3.38. The van der Waals surface area contributed by atoms with Gasteiger partial charge in [0.1, 0.15) is 22.3 Å². The lowest BCUT2D eigenvalue weighted by atomic mass is 9.80. The number of carbonyl (C=O) groups is 1. The highest BCUT2D eigenvalue weighted by Crippen LogP contribution is 2.61. The van der Waals surface area contributed by atoms with E-state index in [1.165, 1.54) is 39.5 Å². The van der Waals surface area contributed by atoms with Crippen LogP contribution in [0.4, 0.5) is 36.3 Å². The quantitative estimate of drug-likeness (QED) is 0.122. The van der Waals surface area contributed by atoms with Crippen LogP contribution in [0.2, 0.25) is 0 Å². The summed E-state index contributed by atoms with van der Waals surface area (Å²) in [6, 6.07) is 7.73. The third-order valence-corrected chi connectivity index (χ3v) is 11.6. The first-order chi connectivity index (χ1) is 24.1. The van der Waals surface area contributed by atoms with Crippen molar-refractivity contribution in [1.82, 2.24) is 14.9 Å². The fraction of sp³-hybridized carbons (Fsp3) is 0.500. The van der Waals surface area contributed by atoms with Gasteiger partial charge in [-0.15, -0.1) is 0 Å². The molecule has 2 heterocycles. The summed E-state index contributed by atoms with van der Waals surface area (Å²) >= 11 is 0. The van der Waals surface area contributed by atoms with Gasteiger partial charge in [-0.1, -0.05) is 12.1 Å². The minimum Gasteiger partial charge on any atom is -0.495 e. The lowest BCUT2D eigenvalue weighted by Crippen LogP contribution is -2.30. The van der Waals surface area contributed by atoms with Gasteiger partial charge in [0.15, 0.2) is 0 Å². The van der Waals surface area contributed by atoms with Gasteiger partial charge >= 0.3 is 13.8 Å². The molecule has 1 amide bonds. The molecule has 0 radical (unpaired) electrons. The number of hydrogen-bond acceptors (Lipinski definition) is 10. The van der Waals surface area contributed by atoms with Crippen LogP contribution in [-0.2, 0) is 31.9 Å². The maximum Gasteiger partial charge on any atom is 0.421 e. The molecule has 1 fully saturated rings. The molecule has 17 heteroatoms. The predicted octanol–water partition coefficient (Wildman–Crippen LogP) is 6.04. The van der Waals surface area contributed by atoms with Crippen LogP contribution in [0.1, 0.15) is 77.1 Å². The Hall–Kier alpha value is -3.79. The van der Waals surface area contributed by atoms with Gasteiger partial charge in [0, 0.05) is 47.2 Å². The van der Waals surface area contributed by atoms with Crippen LogP contribution >= 0.6 is 7.60 Å². The molecule has 3 aromatic rings. The average molecular weight is 738 g/mol. The normalized spacial score (nSPS) is 18.2. The number of amides is 1. The van der Waals surface area contributed by atoms with E-state index in [4.69, 9.17) is 14.2 Å². The first-order valence-electron chi connectivity index (χ1n) is 16.4. The van der Waals surface area contributed by atoms with Gasteiger partial charge < -0.3 is 44.6 Å². The molecule has 0 saturated heterocycles. The number of anilines is 4. The molecule has 13 nitrogen and oxygen atoms in total. The largest absolute Gasteiger partial charge is 0.495 e. The van der Waals surface area contributed by atoms with Crippen LogP contribution in [0.5, 0.6) is 5.75 Å². The van der Waals surface area contributed by atoms with Crippen LogP contribution in [0.3, 0.4) is 0 Å². The minimum absolute atomic E-state index is 0.00122. The summed E-state index contributed by atoms with van der Waals surface area (Å²) in [5.41, 5.74) is 1.61. The van der Waals surface area contributed by atoms with Crippen LogP contribution in [-0.4, -0.2) is 83.4 Å². The molecule has 1 aromatic heterocycles. The van der Waals surface area contributed by atoms with Gasteiger partial charge in [0.25, 0.3) is 5.91 Å². The summed E-state index contributed by atoms with van der Waals surface area (Å²) in [5, 5.41) is 13.9. The number of benzene rings is 2. The molecule has 0 bridgehead atoms. The molecule has 0 atom stereocenters. The SMILES string of the molecule is COCCC(CCOC)(c1ccc(Nc2nc(Nc3ccc([C@H]4CC[C@H](O)CC4)c4c3C(=O)N(C)C4)ncc2C(F)(F)F)c(OC)c1)P(=O)(O)O. The van der Waals surface area contributed by atoms with Gasteiger partial charge in [-0.25, -0.2) is 4.98 Å². The maximum atomic E-state index is 14.3. The van der Waals surface area contributed by atoms with Crippen molar-refractivity contribution < 1.29 is 51.6 Å². The molecule has 2 aromatic carbocycles. The number of fused-ring (bicyclic) bond motifs is 1. The number of carbonyl (C=O) groups excluding carboxylic acids is 1. The number of rotatable bonds is 14. The Morgan fingerprint density at radius 3 is 2.22 bits per heavy atom. The summed E-state index contributed by atoms with van der Waals surface area (Å²) in [5.74, 6) is -0.912. The monoisotopic (exact) mass is 737 g/mol. The highest BCUT2D eigenvalue weighted by atomic mass is 31.2. The number of methoxy groups -OCH3 is 3. The highest BCUT2D eigenvalue weighted by molar-refractivity contribution is 7.53. The zero-order valence-corrected chi connectivity index (χ0v) is 29.7. The lowest BCUT2D eigenvalue weighted by Gasteiger charge is -2.35. The molecular formula is C34H43F3N5O8P. The lowest BCUT2D eigenvalue weighted by molar-refractivity contribution is -0.137. The van der Waals surface area contributed by atoms with Crippen molar-refractivity contribution in [2.75, 3.05) is 52.2 Å². The van der Waals surface area contributed by atoms with Crippen LogP contribution in [0, 0.1) is 0 Å². The molecule has 1 saturated carbocycles. The van der Waals surface area contributed by atoms with Crippen molar-refractivity contribution in [3.05, 3.63) is 64.3 Å². The topological polar surface area (TPSA) is 176 Å². The molecule has 0 unspecified atom stereocenters. The van der Waals surface area contributed by atoms with Crippen molar-refractivity contribution in [3.8, 4) is 5.75 Å². The Labute approximate surface area is 293 Å². The van der Waals surface area contributed by atoms with Gasteiger partial charge in [-0.2, -0.15) is 18.2 Å². The number of aromatic nitrogens is 2. The number of nitrogens with zero attached hydrogens (tertiary/aromatic N) is 3. The van der Waals surface area contributed by atoms with Crippen LogP contribution in [0.25, 0.3) is 0 Å². The number of aliphatic hydroxyl groups is 1. The number of aliphatic hydroxyl groups excluding tert-OH is 1. The Bertz CT molecular complexity index is 1770. The molecule has 51 heavy (non-hydrogen) atoms. The highest BCUT2D eigenvalue weighted by Gasteiger charge is 2.48. The van der Waals surface area contributed by atoms with Gasteiger partial charge in [-0.05, 0) is 79.3 Å². The third kappa shape index (κ3) is 8.01. The molecule has 2 aliphatic rings. The first kappa shape index (κ1) is 38.4. The van der Waals surface area contributed by atoms with Crippen LogP contribution < -0.4 is 15.4 Å². The van der Waals surface area contributed by atoms with E-state index < -0.39 is 30.3 Å². The van der Waals surface area contributed by atoms with E-state index in [1.54, 1.807) is 18.0 Å². The Kier molecular flexibility index (Phi) is 11.6. The number of alkyl halides is 3. The van der Waals surface area contributed by atoms with E-state index >= 15 is 0 Å². The van der Waals surface area contributed by atoms with E-state index in [0.29, 0.717) is 36.8 Å². The smallest absolute Gasteiger partial charge is 0.421 e. The van der Waals surface area contributed by atoms with E-state index in [2.05, 4.69) is 20.6 Å². The van der Waals surface area contributed by atoms with E-state index in [9.17, 15) is 37.4 Å². The first-order valence-corrected chi connectivity index (χ1v) is 18.0. The molecule has 1 aliphatic heterocycles. The number of ether oxygens (including phenoxy) is 3. The standard InChI is InChI=1S/C34H43F3N5O8P/c1-42-19-24-23(20-5-8-22(43)9-6-20)10-12-27(29(24)31(42)44)40-32-38-18-25(34(35,36)37)30(41-32)39-26-11-7-21(17-28(26)50-4)33(13-15-48-2,14-16-49-3)51(45,46)47/h7,10-12,17-18,20,22,43H,5-6,8-9,13-16,19H2,1-4H3,(H2,45,46,47)(H2,38,39,40,41)/t20-,22-. The fourth-order valence-corrected chi connectivity index (χ4v) is 8.18. The third-order valence-electron chi connectivity index (χ3n) is 9.77. The second kappa shape index (κ2) is 15.4. The van der Waals surface area contributed by atoms with Crippen molar-refractivity contribution in [2.24, 2.45) is 0 Å². The molecule has 278 valence electrons. The molecule has 0 spiro atoms. The second-order valence-corrected chi connectivity index (χ2v) is 14.8. The van der Waals surface area contributed by atoms with E-state index in [-0.39, 0.29) is 66.9 Å². The molecular weight excluding hydrogens is 694 g/mol. The maximum absolute atomic E-state index is 14.3. The van der Waals surface area contributed by atoms with Crippen molar-refractivity contribution >= 4 is 36.6 Å². The number of halogens is 3. The van der Waals surface area contributed by atoms with E-state index in [1.807, 2.05) is 6.07 Å². The second-order valence-electron chi connectivity index (χ2n) is 12.9. The summed E-state index contributed by atoms with van der Waals surface area (Å²) in [6.45, 7) is 0.400. The Morgan fingerprint density at radius 2 is 1.63 bits per heavy atom. The molecule has 5 rings (SSSR count). The molecule has 5 N–H and O–H groups in total. The predicted molar refractivity (Wildman–Crippen MR) is 183 cm³/mol. The summed E-state index contributed by atoms with van der Waals surface area (Å²) < 4.78 is 71.5. The van der Waals surface area contributed by atoms with Gasteiger partial charge in [-0.3, -0.25) is 9.36 Å². The zero-order chi connectivity index (χ0) is 37.1. The molecule has 1 aliphatic carbocycles. The van der Waals surface area contributed by atoms with Crippen molar-refractivity contribution in [1.29, 1.82) is 0 Å².